The molecule has 0 radical (unpaired) electrons. The van der Waals surface area contributed by atoms with Gasteiger partial charge in [0.1, 0.15) is 11.6 Å². The SMILES string of the molecule is CC(=O)N[C@@H](Cc1c(F)cccc1F)CN(C)C. The van der Waals surface area contributed by atoms with E-state index in [1.54, 1.807) is 0 Å². The van der Waals surface area contributed by atoms with Gasteiger partial charge in [-0.2, -0.15) is 0 Å². The fourth-order valence-corrected chi connectivity index (χ4v) is 1.86. The Hall–Kier alpha value is -1.49. The minimum absolute atomic E-state index is 0.0121. The van der Waals surface area contributed by atoms with Crippen LogP contribution in [0, 0.1) is 11.6 Å². The van der Waals surface area contributed by atoms with Crippen LogP contribution in [0.1, 0.15) is 12.5 Å². The second-order valence-corrected chi connectivity index (χ2v) is 4.56. The van der Waals surface area contributed by atoms with Crippen molar-refractivity contribution in [2.75, 3.05) is 20.6 Å². The third kappa shape index (κ3) is 4.41. The fraction of sp³-hybridized carbons (Fsp3) is 0.462. The first-order valence-corrected chi connectivity index (χ1v) is 5.75. The van der Waals surface area contributed by atoms with E-state index in [1.807, 2.05) is 19.0 Å². The van der Waals surface area contributed by atoms with Crippen LogP contribution in [-0.4, -0.2) is 37.5 Å². The molecule has 1 aromatic rings. The summed E-state index contributed by atoms with van der Waals surface area (Å²) in [4.78, 5) is 12.9. The molecule has 0 fully saturated rings. The molecule has 0 aliphatic rings. The maximum absolute atomic E-state index is 13.5. The summed E-state index contributed by atoms with van der Waals surface area (Å²) < 4.78 is 27.0. The zero-order valence-electron chi connectivity index (χ0n) is 10.8. The molecular formula is C13H18F2N2O. The highest BCUT2D eigenvalue weighted by molar-refractivity contribution is 5.73. The van der Waals surface area contributed by atoms with E-state index < -0.39 is 11.6 Å². The van der Waals surface area contributed by atoms with Gasteiger partial charge in [-0.05, 0) is 32.6 Å². The molecule has 1 N–H and O–H groups in total. The van der Waals surface area contributed by atoms with Gasteiger partial charge in [-0.3, -0.25) is 4.79 Å². The van der Waals surface area contributed by atoms with Crippen molar-refractivity contribution in [1.29, 1.82) is 0 Å². The highest BCUT2D eigenvalue weighted by Gasteiger charge is 2.17. The molecule has 0 unspecified atom stereocenters. The number of nitrogens with zero attached hydrogens (tertiary/aromatic N) is 1. The summed E-state index contributed by atoms with van der Waals surface area (Å²) >= 11 is 0. The van der Waals surface area contributed by atoms with Crippen molar-refractivity contribution in [2.24, 2.45) is 0 Å². The van der Waals surface area contributed by atoms with Gasteiger partial charge in [-0.15, -0.1) is 0 Å². The largest absolute Gasteiger partial charge is 0.352 e. The van der Waals surface area contributed by atoms with Gasteiger partial charge >= 0.3 is 0 Å². The van der Waals surface area contributed by atoms with Gasteiger partial charge < -0.3 is 10.2 Å². The van der Waals surface area contributed by atoms with Crippen molar-refractivity contribution >= 4 is 5.91 Å². The Bertz CT molecular complexity index is 401. The first-order chi connectivity index (χ1) is 8.40. The van der Waals surface area contributed by atoms with Gasteiger partial charge in [0.15, 0.2) is 0 Å². The Morgan fingerprint density at radius 2 is 1.89 bits per heavy atom. The highest BCUT2D eigenvalue weighted by atomic mass is 19.1. The number of amides is 1. The number of carbonyl (C=O) groups is 1. The van der Waals surface area contributed by atoms with Crippen molar-refractivity contribution in [2.45, 2.75) is 19.4 Å². The number of benzene rings is 1. The van der Waals surface area contributed by atoms with Gasteiger partial charge in [0.05, 0.1) is 0 Å². The highest BCUT2D eigenvalue weighted by Crippen LogP contribution is 2.14. The molecule has 0 spiro atoms. The Morgan fingerprint density at radius 1 is 1.33 bits per heavy atom. The van der Waals surface area contributed by atoms with Crippen LogP contribution in [0.5, 0.6) is 0 Å². The molecule has 0 heterocycles. The first-order valence-electron chi connectivity index (χ1n) is 5.75. The lowest BCUT2D eigenvalue weighted by Gasteiger charge is -2.22. The molecule has 18 heavy (non-hydrogen) atoms. The van der Waals surface area contributed by atoms with Crippen LogP contribution in [0.2, 0.25) is 0 Å². The van der Waals surface area contributed by atoms with Crippen LogP contribution in [0.25, 0.3) is 0 Å². The van der Waals surface area contributed by atoms with Gasteiger partial charge in [0.2, 0.25) is 5.91 Å². The Morgan fingerprint density at radius 3 is 2.33 bits per heavy atom. The summed E-state index contributed by atoms with van der Waals surface area (Å²) in [6.07, 6.45) is 0.135. The van der Waals surface area contributed by atoms with Crippen LogP contribution in [-0.2, 0) is 11.2 Å². The van der Waals surface area contributed by atoms with Gasteiger partial charge in [0, 0.05) is 25.1 Å². The molecule has 0 saturated carbocycles. The van der Waals surface area contributed by atoms with E-state index in [0.29, 0.717) is 6.54 Å². The Balaban J connectivity index is 2.84. The smallest absolute Gasteiger partial charge is 0.217 e. The minimum atomic E-state index is -0.580. The van der Waals surface area contributed by atoms with Gasteiger partial charge in [-0.25, -0.2) is 8.78 Å². The lowest BCUT2D eigenvalue weighted by atomic mass is 10.0. The van der Waals surface area contributed by atoms with Crippen molar-refractivity contribution in [3.8, 4) is 0 Å². The Labute approximate surface area is 106 Å². The summed E-state index contributed by atoms with van der Waals surface area (Å²) in [7, 11) is 3.68. The van der Waals surface area contributed by atoms with E-state index in [2.05, 4.69) is 5.32 Å². The van der Waals surface area contributed by atoms with Crippen LogP contribution in [0.15, 0.2) is 18.2 Å². The van der Waals surface area contributed by atoms with Gasteiger partial charge in [-0.1, -0.05) is 6.07 Å². The molecule has 5 heteroatoms. The second-order valence-electron chi connectivity index (χ2n) is 4.56. The van der Waals surface area contributed by atoms with E-state index in [4.69, 9.17) is 0 Å². The average Bonchev–Trinajstić information content (AvgIpc) is 2.21. The molecule has 0 aliphatic carbocycles. The van der Waals surface area contributed by atoms with E-state index in [9.17, 15) is 13.6 Å². The third-order valence-corrected chi connectivity index (χ3v) is 2.51. The maximum Gasteiger partial charge on any atom is 0.217 e. The van der Waals surface area contributed by atoms with Crippen LogP contribution >= 0.6 is 0 Å². The topological polar surface area (TPSA) is 32.3 Å². The van der Waals surface area contributed by atoms with Crippen LogP contribution < -0.4 is 5.32 Å². The zero-order valence-corrected chi connectivity index (χ0v) is 10.8. The maximum atomic E-state index is 13.5. The fourth-order valence-electron chi connectivity index (χ4n) is 1.86. The molecule has 0 aromatic heterocycles. The number of rotatable bonds is 5. The van der Waals surface area contributed by atoms with E-state index in [1.165, 1.54) is 25.1 Å². The molecule has 1 rings (SSSR count). The first kappa shape index (κ1) is 14.6. The number of nitrogens with one attached hydrogen (secondary N) is 1. The van der Waals surface area contributed by atoms with Gasteiger partial charge in [0.25, 0.3) is 0 Å². The molecular weight excluding hydrogens is 238 g/mol. The van der Waals surface area contributed by atoms with E-state index in [0.717, 1.165) is 0 Å². The van der Waals surface area contributed by atoms with Crippen LogP contribution in [0.3, 0.4) is 0 Å². The minimum Gasteiger partial charge on any atom is -0.352 e. The van der Waals surface area contributed by atoms with E-state index in [-0.39, 0.29) is 23.9 Å². The summed E-state index contributed by atoms with van der Waals surface area (Å²) in [5.74, 6) is -1.37. The molecule has 0 bridgehead atoms. The molecule has 1 aromatic carbocycles. The number of hydrogen-bond donors (Lipinski definition) is 1. The molecule has 3 nitrogen and oxygen atoms in total. The second kappa shape index (κ2) is 6.44. The predicted molar refractivity (Wildman–Crippen MR) is 66.2 cm³/mol. The summed E-state index contributed by atoms with van der Waals surface area (Å²) in [5, 5.41) is 2.70. The van der Waals surface area contributed by atoms with Crippen LogP contribution in [0.4, 0.5) is 8.78 Å². The quantitative estimate of drug-likeness (QED) is 0.867. The molecule has 100 valence electrons. The number of likely N-dealkylation sites (N-methyl/N-ethyl adjacent to an activating group) is 1. The summed E-state index contributed by atoms with van der Waals surface area (Å²) in [6.45, 7) is 1.91. The molecule has 0 aliphatic heterocycles. The molecule has 1 atom stereocenters. The lowest BCUT2D eigenvalue weighted by molar-refractivity contribution is -0.119. The lowest BCUT2D eigenvalue weighted by Crippen LogP contribution is -2.42. The predicted octanol–water partition coefficient (Wildman–Crippen LogP) is 1.57. The van der Waals surface area contributed by atoms with Crippen molar-refractivity contribution in [3.63, 3.8) is 0 Å². The summed E-state index contributed by atoms with van der Waals surface area (Å²) in [5.41, 5.74) is 0.0121. The molecule has 0 saturated heterocycles. The Kier molecular flexibility index (Phi) is 5.22. The summed E-state index contributed by atoms with van der Waals surface area (Å²) in [6, 6.07) is 3.45. The van der Waals surface area contributed by atoms with E-state index >= 15 is 0 Å². The zero-order chi connectivity index (χ0) is 13.7. The van der Waals surface area contributed by atoms with Crippen molar-refractivity contribution in [1.82, 2.24) is 10.2 Å². The average molecular weight is 256 g/mol. The van der Waals surface area contributed by atoms with Crippen molar-refractivity contribution in [3.05, 3.63) is 35.4 Å². The third-order valence-electron chi connectivity index (χ3n) is 2.51. The number of carbonyl (C=O) groups excluding carboxylic acids is 1. The normalized spacial score (nSPS) is 12.6. The van der Waals surface area contributed by atoms with Crippen molar-refractivity contribution < 1.29 is 13.6 Å². The number of halogens is 2. The molecule has 1 amide bonds. The monoisotopic (exact) mass is 256 g/mol. The standard InChI is InChI=1S/C13H18F2N2O/c1-9(18)16-10(8-17(2)3)7-11-12(14)5-4-6-13(11)15/h4-6,10H,7-8H2,1-3H3,(H,16,18)/t10-/m0/s1. The number of hydrogen-bond acceptors (Lipinski definition) is 2.